The molecule has 0 amide bonds. The second kappa shape index (κ2) is 4.09. The van der Waals surface area contributed by atoms with Crippen LogP contribution in [0.25, 0.3) is 0 Å². The van der Waals surface area contributed by atoms with Crippen LogP contribution in [0.5, 0.6) is 0 Å². The topological polar surface area (TPSA) is 45.9 Å². The number of nitrogens with two attached hydrogens (primary N) is 1. The lowest BCUT2D eigenvalue weighted by atomic mass is 10.2. The predicted molar refractivity (Wildman–Crippen MR) is 28.1 cm³/mol. The molecule has 0 aromatic heterocycles. The van der Waals surface area contributed by atoms with E-state index in [4.69, 9.17) is 5.73 Å². The van der Waals surface area contributed by atoms with Crippen LogP contribution < -0.4 is 5.73 Å². The van der Waals surface area contributed by atoms with Crippen LogP contribution >= 0.6 is 0 Å². The summed E-state index contributed by atoms with van der Waals surface area (Å²) < 4.78 is 0. The van der Waals surface area contributed by atoms with Crippen LogP contribution in [0.1, 0.15) is 12.8 Å². The molecule has 0 saturated carbocycles. The average Bonchev–Trinajstić information content (AvgIpc) is 1.61. The van der Waals surface area contributed by atoms with Crippen molar-refractivity contribution >= 4 is 0 Å². The standard InChI is InChI=1S/C5H11NO/c1-5(6)3-2-4-7/h5H,1-4,6H2. The van der Waals surface area contributed by atoms with Gasteiger partial charge in [0.15, 0.2) is 0 Å². The molecule has 0 heterocycles. The van der Waals surface area contributed by atoms with Gasteiger partial charge in [0.1, 0.15) is 0 Å². The Kier molecular flexibility index (Phi) is 4.04. The maximum Gasteiger partial charge on any atom is 0.0822 e. The molecule has 0 rings (SSSR count). The lowest BCUT2D eigenvalue weighted by Gasteiger charge is -1.98. The first-order valence-electron chi connectivity index (χ1n) is 2.44. The van der Waals surface area contributed by atoms with E-state index >= 15 is 0 Å². The molecule has 0 saturated heterocycles. The molecule has 0 spiro atoms. The summed E-state index contributed by atoms with van der Waals surface area (Å²) in [6.07, 6.45) is 1.41. The normalized spacial score (nSPS) is 14.1. The molecule has 7 heavy (non-hydrogen) atoms. The fraction of sp³-hybridized carbons (Fsp3) is 0.800. The van der Waals surface area contributed by atoms with E-state index in [1.807, 2.05) is 0 Å². The summed E-state index contributed by atoms with van der Waals surface area (Å²) in [5, 5.41) is 9.75. The van der Waals surface area contributed by atoms with Gasteiger partial charge in [-0.2, -0.15) is 0 Å². The Labute approximate surface area is 44.3 Å². The van der Waals surface area contributed by atoms with E-state index in [0.29, 0.717) is 6.42 Å². The Morgan fingerprint density at radius 3 is 2.43 bits per heavy atom. The van der Waals surface area contributed by atoms with Gasteiger partial charge in [0.05, 0.1) is 6.61 Å². The number of rotatable bonds is 3. The van der Waals surface area contributed by atoms with Gasteiger partial charge in [0.2, 0.25) is 0 Å². The van der Waals surface area contributed by atoms with Crippen molar-refractivity contribution < 1.29 is 5.11 Å². The van der Waals surface area contributed by atoms with Crippen molar-refractivity contribution in [3.63, 3.8) is 0 Å². The third-order valence-electron chi connectivity index (χ3n) is 0.719. The van der Waals surface area contributed by atoms with Crippen LogP contribution in [-0.2, 0) is 5.11 Å². The van der Waals surface area contributed by atoms with E-state index in [1.54, 1.807) is 0 Å². The molecule has 2 heteroatoms. The highest BCUT2D eigenvalue weighted by atomic mass is 16.2. The van der Waals surface area contributed by atoms with E-state index in [-0.39, 0.29) is 12.6 Å². The monoisotopic (exact) mass is 101 g/mol. The van der Waals surface area contributed by atoms with Gasteiger partial charge in [-0.25, -0.2) is 5.11 Å². The van der Waals surface area contributed by atoms with Gasteiger partial charge in [-0.3, -0.25) is 0 Å². The summed E-state index contributed by atoms with van der Waals surface area (Å²) in [4.78, 5) is 0. The van der Waals surface area contributed by atoms with Gasteiger partial charge in [0.25, 0.3) is 0 Å². The molecule has 0 aliphatic rings. The van der Waals surface area contributed by atoms with Crippen molar-refractivity contribution in [1.29, 1.82) is 0 Å². The van der Waals surface area contributed by atoms with Gasteiger partial charge in [-0.05, 0) is 19.8 Å². The van der Waals surface area contributed by atoms with Gasteiger partial charge in [-0.15, -0.1) is 0 Å². The first-order chi connectivity index (χ1) is 3.27. The van der Waals surface area contributed by atoms with Gasteiger partial charge < -0.3 is 5.73 Å². The third-order valence-corrected chi connectivity index (χ3v) is 0.719. The quantitative estimate of drug-likeness (QED) is 0.548. The molecule has 2 radical (unpaired) electrons. The summed E-state index contributed by atoms with van der Waals surface area (Å²) >= 11 is 0. The highest BCUT2D eigenvalue weighted by Gasteiger charge is 1.90. The molecular formula is C5H11NO. The maximum atomic E-state index is 9.75. The minimum atomic E-state index is -0.0473. The fourth-order valence-electron chi connectivity index (χ4n) is 0.346. The molecule has 1 atom stereocenters. The van der Waals surface area contributed by atoms with Crippen LogP contribution in [-0.4, -0.2) is 12.6 Å². The lowest BCUT2D eigenvalue weighted by Crippen LogP contribution is -2.14. The van der Waals surface area contributed by atoms with E-state index < -0.39 is 0 Å². The van der Waals surface area contributed by atoms with Gasteiger partial charge in [-0.1, -0.05) is 0 Å². The second-order valence-corrected chi connectivity index (χ2v) is 1.61. The highest BCUT2D eigenvalue weighted by Crippen LogP contribution is 1.89. The molecule has 0 aromatic rings. The molecule has 2 N–H and O–H groups in total. The third kappa shape index (κ3) is 5.92. The first kappa shape index (κ1) is 6.92. The minimum Gasteiger partial charge on any atom is -0.328 e. The SMILES string of the molecule is [CH2]C(N)CCC[O]. The van der Waals surface area contributed by atoms with Crippen molar-refractivity contribution in [2.24, 2.45) is 5.73 Å². The van der Waals surface area contributed by atoms with Gasteiger partial charge in [0, 0.05) is 6.04 Å². The summed E-state index contributed by atoms with van der Waals surface area (Å²) in [7, 11) is 0. The molecular weight excluding hydrogens is 90.1 g/mol. The van der Waals surface area contributed by atoms with E-state index in [9.17, 15) is 5.11 Å². The largest absolute Gasteiger partial charge is 0.328 e. The maximum absolute atomic E-state index is 9.75. The van der Waals surface area contributed by atoms with E-state index in [1.165, 1.54) is 0 Å². The fourth-order valence-corrected chi connectivity index (χ4v) is 0.346. The van der Waals surface area contributed by atoms with Crippen molar-refractivity contribution in [3.05, 3.63) is 6.92 Å². The first-order valence-corrected chi connectivity index (χ1v) is 2.44. The summed E-state index contributed by atoms with van der Waals surface area (Å²) in [5.74, 6) is 0. The van der Waals surface area contributed by atoms with Crippen molar-refractivity contribution in [2.45, 2.75) is 18.9 Å². The summed E-state index contributed by atoms with van der Waals surface area (Å²) in [5.41, 5.74) is 5.23. The Morgan fingerprint density at radius 1 is 1.71 bits per heavy atom. The number of hydrogen-bond donors (Lipinski definition) is 1. The molecule has 0 bridgehead atoms. The van der Waals surface area contributed by atoms with Crippen LogP contribution in [0, 0.1) is 6.92 Å². The molecule has 42 valence electrons. The van der Waals surface area contributed by atoms with Crippen molar-refractivity contribution in [1.82, 2.24) is 0 Å². The summed E-state index contributed by atoms with van der Waals surface area (Å²) in [6.45, 7) is 3.49. The Balaban J connectivity index is 2.68. The highest BCUT2D eigenvalue weighted by molar-refractivity contribution is 4.60. The second-order valence-electron chi connectivity index (χ2n) is 1.61. The zero-order chi connectivity index (χ0) is 5.70. The molecule has 0 fully saturated rings. The summed E-state index contributed by atoms with van der Waals surface area (Å²) in [6, 6.07) is -0.0473. The molecule has 0 aliphatic heterocycles. The lowest BCUT2D eigenvalue weighted by molar-refractivity contribution is 0.185. The van der Waals surface area contributed by atoms with Crippen molar-refractivity contribution in [3.8, 4) is 0 Å². The Morgan fingerprint density at radius 2 is 2.29 bits per heavy atom. The van der Waals surface area contributed by atoms with Gasteiger partial charge >= 0.3 is 0 Å². The molecule has 0 aromatic carbocycles. The molecule has 1 unspecified atom stereocenters. The Hall–Kier alpha value is -0.0800. The van der Waals surface area contributed by atoms with E-state index in [2.05, 4.69) is 6.92 Å². The van der Waals surface area contributed by atoms with Crippen LogP contribution in [0.15, 0.2) is 0 Å². The zero-order valence-electron chi connectivity index (χ0n) is 4.39. The molecule has 0 aliphatic carbocycles. The van der Waals surface area contributed by atoms with Crippen LogP contribution in [0.2, 0.25) is 0 Å². The zero-order valence-corrected chi connectivity index (χ0v) is 4.39. The average molecular weight is 101 g/mol. The van der Waals surface area contributed by atoms with Crippen LogP contribution in [0.4, 0.5) is 0 Å². The Bertz CT molecular complexity index is 37.1. The van der Waals surface area contributed by atoms with E-state index in [0.717, 1.165) is 6.42 Å². The minimum absolute atomic E-state index is 0.0246. The van der Waals surface area contributed by atoms with Crippen molar-refractivity contribution in [2.75, 3.05) is 6.61 Å². The molecule has 2 nitrogen and oxygen atoms in total. The smallest absolute Gasteiger partial charge is 0.0822 e. The predicted octanol–water partition coefficient (Wildman–Crippen LogP) is 0.358. The van der Waals surface area contributed by atoms with Crippen LogP contribution in [0.3, 0.4) is 0 Å². The number of hydrogen-bond acceptors (Lipinski definition) is 1.